The molecule has 4 rings (SSSR count). The number of nitrogens with zero attached hydrogens (tertiary/aromatic N) is 1. The average molecular weight is 475 g/mol. The van der Waals surface area contributed by atoms with Crippen molar-refractivity contribution in [1.82, 2.24) is 16.3 Å². The number of hydrazine groups is 1. The molecule has 0 spiro atoms. The van der Waals surface area contributed by atoms with Gasteiger partial charge in [0, 0.05) is 23.1 Å². The van der Waals surface area contributed by atoms with Gasteiger partial charge >= 0.3 is 5.91 Å². The number of carbonyl (C=O) groups is 3. The lowest BCUT2D eigenvalue weighted by Crippen LogP contribution is -2.41. The van der Waals surface area contributed by atoms with Crippen molar-refractivity contribution < 1.29 is 23.5 Å². The molecule has 0 aliphatic heterocycles. The van der Waals surface area contributed by atoms with Crippen LogP contribution in [-0.2, 0) is 11.2 Å². The minimum Gasteiger partial charge on any atom is -0.484 e. The van der Waals surface area contributed by atoms with E-state index in [2.05, 4.69) is 21.4 Å². The van der Waals surface area contributed by atoms with Crippen LogP contribution in [0.25, 0.3) is 0 Å². The van der Waals surface area contributed by atoms with Crippen LogP contribution in [0.5, 0.6) is 5.75 Å². The average Bonchev–Trinajstić information content (AvgIpc) is 3.22. The van der Waals surface area contributed by atoms with Gasteiger partial charge in [-0.05, 0) is 51.0 Å². The molecule has 0 fully saturated rings. The Labute approximate surface area is 202 Å². The van der Waals surface area contributed by atoms with Crippen LogP contribution in [0.2, 0.25) is 0 Å². The fourth-order valence-electron chi connectivity index (χ4n) is 3.77. The van der Waals surface area contributed by atoms with Gasteiger partial charge in [-0.1, -0.05) is 35.9 Å². The number of ether oxygens (including phenoxy) is 1. The topological polar surface area (TPSA) is 122 Å². The molecule has 0 atom stereocenters. The SMILES string of the molecule is Cc1ccc(C(=O)NNC(=O)c2oc3c(c2C)/C(=N/NC(=O)COc2ccccc2)CCC3)cc1. The second kappa shape index (κ2) is 10.7. The molecule has 0 bridgehead atoms. The number of hydrogen-bond donors (Lipinski definition) is 3. The third-order valence-electron chi connectivity index (χ3n) is 5.56. The lowest BCUT2D eigenvalue weighted by atomic mass is 9.93. The number of aryl methyl sites for hydroxylation is 2. The number of furan rings is 1. The van der Waals surface area contributed by atoms with Crippen molar-refractivity contribution in [2.75, 3.05) is 6.61 Å². The van der Waals surface area contributed by atoms with Gasteiger partial charge in [0.15, 0.2) is 12.4 Å². The highest BCUT2D eigenvalue weighted by molar-refractivity contribution is 6.07. The molecule has 35 heavy (non-hydrogen) atoms. The summed E-state index contributed by atoms with van der Waals surface area (Å²) in [5.41, 5.74) is 10.7. The van der Waals surface area contributed by atoms with Crippen LogP contribution in [-0.4, -0.2) is 30.0 Å². The minimum atomic E-state index is -0.572. The Balaban J connectivity index is 1.40. The van der Waals surface area contributed by atoms with Gasteiger partial charge < -0.3 is 9.15 Å². The van der Waals surface area contributed by atoms with Gasteiger partial charge in [0.1, 0.15) is 11.5 Å². The zero-order valence-electron chi connectivity index (χ0n) is 19.5. The summed E-state index contributed by atoms with van der Waals surface area (Å²) in [4.78, 5) is 37.2. The molecular weight excluding hydrogens is 448 g/mol. The van der Waals surface area contributed by atoms with Crippen LogP contribution in [0.4, 0.5) is 0 Å². The first-order valence-corrected chi connectivity index (χ1v) is 11.3. The quantitative estimate of drug-likeness (QED) is 0.474. The van der Waals surface area contributed by atoms with Crippen molar-refractivity contribution in [3.8, 4) is 5.75 Å². The van der Waals surface area contributed by atoms with E-state index in [9.17, 15) is 14.4 Å². The number of para-hydroxylation sites is 1. The van der Waals surface area contributed by atoms with E-state index in [1.807, 2.05) is 37.3 Å². The minimum absolute atomic E-state index is 0.0903. The largest absolute Gasteiger partial charge is 0.484 e. The molecule has 9 heteroatoms. The Morgan fingerprint density at radius 3 is 2.40 bits per heavy atom. The van der Waals surface area contributed by atoms with Crippen molar-refractivity contribution in [1.29, 1.82) is 0 Å². The van der Waals surface area contributed by atoms with E-state index in [1.165, 1.54) is 0 Å². The summed E-state index contributed by atoms with van der Waals surface area (Å²) < 4.78 is 11.2. The van der Waals surface area contributed by atoms with E-state index in [0.717, 1.165) is 12.0 Å². The maximum Gasteiger partial charge on any atom is 0.305 e. The van der Waals surface area contributed by atoms with Gasteiger partial charge in [0.2, 0.25) is 0 Å². The number of hydrogen-bond acceptors (Lipinski definition) is 6. The molecule has 0 radical (unpaired) electrons. The van der Waals surface area contributed by atoms with Crippen LogP contribution < -0.4 is 21.0 Å². The first-order valence-electron chi connectivity index (χ1n) is 11.3. The summed E-state index contributed by atoms with van der Waals surface area (Å²) in [5, 5.41) is 4.27. The van der Waals surface area contributed by atoms with Gasteiger partial charge in [-0.15, -0.1) is 0 Å². The predicted octanol–water partition coefficient (Wildman–Crippen LogP) is 3.21. The maximum absolute atomic E-state index is 12.7. The summed E-state index contributed by atoms with van der Waals surface area (Å²) in [7, 11) is 0. The van der Waals surface area contributed by atoms with Crippen molar-refractivity contribution in [2.45, 2.75) is 33.1 Å². The monoisotopic (exact) mass is 474 g/mol. The molecule has 9 nitrogen and oxygen atoms in total. The lowest BCUT2D eigenvalue weighted by molar-refractivity contribution is -0.123. The first kappa shape index (κ1) is 23.7. The van der Waals surface area contributed by atoms with Gasteiger partial charge in [0.25, 0.3) is 11.8 Å². The van der Waals surface area contributed by atoms with Gasteiger partial charge in [0.05, 0.1) is 5.71 Å². The zero-order chi connectivity index (χ0) is 24.8. The second-order valence-corrected chi connectivity index (χ2v) is 8.18. The number of hydrazone groups is 1. The van der Waals surface area contributed by atoms with Gasteiger partial charge in [-0.2, -0.15) is 5.10 Å². The molecule has 1 aliphatic carbocycles. The molecule has 1 aromatic heterocycles. The Morgan fingerprint density at radius 2 is 1.66 bits per heavy atom. The van der Waals surface area contributed by atoms with Crippen LogP contribution in [0.3, 0.4) is 0 Å². The summed E-state index contributed by atoms with van der Waals surface area (Å²) in [6, 6.07) is 16.0. The molecule has 1 heterocycles. The van der Waals surface area contributed by atoms with Crippen LogP contribution in [0.15, 0.2) is 64.1 Å². The van der Waals surface area contributed by atoms with Crippen LogP contribution >= 0.6 is 0 Å². The third kappa shape index (κ3) is 5.75. The molecule has 3 aromatic rings. The highest BCUT2D eigenvalue weighted by Gasteiger charge is 2.28. The van der Waals surface area contributed by atoms with Gasteiger partial charge in [-0.25, -0.2) is 5.43 Å². The predicted molar refractivity (Wildman–Crippen MR) is 129 cm³/mol. The molecule has 0 saturated heterocycles. The number of benzene rings is 2. The summed E-state index contributed by atoms with van der Waals surface area (Å²) >= 11 is 0. The molecule has 0 saturated carbocycles. The fourth-order valence-corrected chi connectivity index (χ4v) is 3.77. The number of rotatable bonds is 6. The van der Waals surface area contributed by atoms with Crippen molar-refractivity contribution in [2.24, 2.45) is 5.10 Å². The molecule has 3 amide bonds. The number of fused-ring (bicyclic) bond motifs is 1. The van der Waals surface area contributed by atoms with Gasteiger partial charge in [-0.3, -0.25) is 25.2 Å². The maximum atomic E-state index is 12.7. The van der Waals surface area contributed by atoms with E-state index < -0.39 is 17.7 Å². The summed E-state index contributed by atoms with van der Waals surface area (Å²) in [6.07, 6.45) is 2.03. The Morgan fingerprint density at radius 1 is 0.943 bits per heavy atom. The normalized spacial score (nSPS) is 13.6. The van der Waals surface area contributed by atoms with Crippen molar-refractivity contribution in [3.05, 3.63) is 88.4 Å². The number of nitrogens with one attached hydrogen (secondary N) is 3. The van der Waals surface area contributed by atoms with Crippen LogP contribution in [0, 0.1) is 13.8 Å². The highest BCUT2D eigenvalue weighted by Crippen LogP contribution is 2.29. The second-order valence-electron chi connectivity index (χ2n) is 8.18. The summed E-state index contributed by atoms with van der Waals surface area (Å²) in [6.45, 7) is 3.50. The lowest BCUT2D eigenvalue weighted by Gasteiger charge is -2.13. The van der Waals surface area contributed by atoms with Crippen LogP contribution in [0.1, 0.15) is 56.2 Å². The molecule has 3 N–H and O–H groups in total. The molecule has 2 aromatic carbocycles. The van der Waals surface area contributed by atoms with E-state index in [0.29, 0.717) is 46.8 Å². The Hall–Kier alpha value is -4.40. The first-order chi connectivity index (χ1) is 16.9. The van der Waals surface area contributed by atoms with E-state index in [4.69, 9.17) is 9.15 Å². The number of carbonyl (C=O) groups excluding carboxylic acids is 3. The van der Waals surface area contributed by atoms with E-state index >= 15 is 0 Å². The standard InChI is InChI=1S/C26H26N4O5/c1-16-11-13-18(14-12-16)25(32)29-30-26(33)24-17(2)23-20(9-6-10-21(23)35-24)27-28-22(31)15-34-19-7-4-3-5-8-19/h3-5,7-8,11-14H,6,9-10,15H2,1-2H3,(H,28,31)(H,29,32)(H,30,33)/b27-20+. The van der Waals surface area contributed by atoms with E-state index in [-0.39, 0.29) is 12.4 Å². The molecule has 1 aliphatic rings. The fraction of sp³-hybridized carbons (Fsp3) is 0.231. The number of amides is 3. The third-order valence-corrected chi connectivity index (χ3v) is 5.56. The molecular formula is C26H26N4O5. The van der Waals surface area contributed by atoms with Crippen molar-refractivity contribution in [3.63, 3.8) is 0 Å². The van der Waals surface area contributed by atoms with Crippen molar-refractivity contribution >= 4 is 23.4 Å². The molecule has 0 unspecified atom stereocenters. The smallest absolute Gasteiger partial charge is 0.305 e. The molecule has 180 valence electrons. The Kier molecular flexibility index (Phi) is 7.25. The summed E-state index contributed by atoms with van der Waals surface area (Å²) in [5.74, 6) is -0.102. The Bertz CT molecular complexity index is 1260. The van der Waals surface area contributed by atoms with E-state index in [1.54, 1.807) is 31.2 Å². The highest BCUT2D eigenvalue weighted by atomic mass is 16.5. The zero-order valence-corrected chi connectivity index (χ0v) is 19.5.